The number of nitrogens with zero attached hydrogens (tertiary/aromatic N) is 2. The van der Waals surface area contributed by atoms with Crippen LogP contribution in [0.5, 0.6) is 11.5 Å². The van der Waals surface area contributed by atoms with Crippen LogP contribution in [-0.2, 0) is 11.2 Å². The monoisotopic (exact) mass is 307 g/mol. The van der Waals surface area contributed by atoms with Gasteiger partial charge in [0.05, 0.1) is 7.11 Å². The number of rotatable bonds is 7. The smallest absolute Gasteiger partial charge is 0.264 e. The Labute approximate surface area is 127 Å². The van der Waals surface area contributed by atoms with Gasteiger partial charge in [0.2, 0.25) is 5.13 Å². The third kappa shape index (κ3) is 4.71. The summed E-state index contributed by atoms with van der Waals surface area (Å²) in [7, 11) is 1.58. The highest BCUT2D eigenvalue weighted by molar-refractivity contribution is 7.15. The van der Waals surface area contributed by atoms with Crippen LogP contribution in [0.2, 0.25) is 0 Å². The highest BCUT2D eigenvalue weighted by Gasteiger charge is 2.08. The zero-order valence-electron chi connectivity index (χ0n) is 12.0. The van der Waals surface area contributed by atoms with Crippen LogP contribution in [0.3, 0.4) is 0 Å². The Bertz CT molecular complexity index is 601. The molecule has 6 nitrogen and oxygen atoms in total. The Morgan fingerprint density at radius 3 is 2.90 bits per heavy atom. The first-order valence-corrected chi connectivity index (χ1v) is 7.42. The zero-order chi connectivity index (χ0) is 15.1. The maximum Gasteiger partial charge on any atom is 0.264 e. The second kappa shape index (κ2) is 7.58. The lowest BCUT2D eigenvalue weighted by atomic mass is 10.3. The van der Waals surface area contributed by atoms with Crippen molar-refractivity contribution in [3.05, 3.63) is 29.3 Å². The first-order valence-electron chi connectivity index (χ1n) is 6.60. The van der Waals surface area contributed by atoms with Gasteiger partial charge in [-0.2, -0.15) is 0 Å². The molecule has 1 amide bonds. The van der Waals surface area contributed by atoms with E-state index >= 15 is 0 Å². The van der Waals surface area contributed by atoms with Crippen molar-refractivity contribution in [2.24, 2.45) is 0 Å². The number of hydrogen-bond donors (Lipinski definition) is 1. The van der Waals surface area contributed by atoms with Gasteiger partial charge in [0.15, 0.2) is 6.61 Å². The molecular weight excluding hydrogens is 290 g/mol. The van der Waals surface area contributed by atoms with Crippen LogP contribution in [0.15, 0.2) is 24.3 Å². The van der Waals surface area contributed by atoms with E-state index in [4.69, 9.17) is 9.47 Å². The second-order valence-electron chi connectivity index (χ2n) is 4.27. The number of aromatic nitrogens is 2. The fraction of sp³-hybridized carbons (Fsp3) is 0.357. The zero-order valence-corrected chi connectivity index (χ0v) is 12.8. The fourth-order valence-corrected chi connectivity index (χ4v) is 2.47. The molecule has 0 aliphatic rings. The van der Waals surface area contributed by atoms with Crippen LogP contribution in [0.1, 0.15) is 18.4 Å². The van der Waals surface area contributed by atoms with Crippen molar-refractivity contribution in [3.8, 4) is 11.5 Å². The van der Waals surface area contributed by atoms with Crippen LogP contribution in [0, 0.1) is 0 Å². The number of carbonyl (C=O) groups is 1. The van der Waals surface area contributed by atoms with Crippen LogP contribution in [0.25, 0.3) is 0 Å². The number of hydrogen-bond acceptors (Lipinski definition) is 6. The van der Waals surface area contributed by atoms with Crippen molar-refractivity contribution < 1.29 is 14.3 Å². The summed E-state index contributed by atoms with van der Waals surface area (Å²) < 4.78 is 10.5. The van der Waals surface area contributed by atoms with Crippen molar-refractivity contribution in [2.45, 2.75) is 19.8 Å². The van der Waals surface area contributed by atoms with Gasteiger partial charge >= 0.3 is 0 Å². The first-order chi connectivity index (χ1) is 10.2. The van der Waals surface area contributed by atoms with E-state index < -0.39 is 0 Å². The molecule has 0 radical (unpaired) electrons. The van der Waals surface area contributed by atoms with Gasteiger partial charge in [-0.1, -0.05) is 24.3 Å². The van der Waals surface area contributed by atoms with Gasteiger partial charge in [-0.25, -0.2) is 0 Å². The number of anilines is 1. The Morgan fingerprint density at radius 2 is 2.14 bits per heavy atom. The quantitative estimate of drug-likeness (QED) is 0.851. The molecule has 7 heteroatoms. The molecule has 0 spiro atoms. The van der Waals surface area contributed by atoms with Crippen molar-refractivity contribution in [3.63, 3.8) is 0 Å². The Hall–Kier alpha value is -2.15. The highest BCUT2D eigenvalue weighted by Crippen LogP contribution is 2.19. The Balaban J connectivity index is 1.83. The molecule has 0 unspecified atom stereocenters. The van der Waals surface area contributed by atoms with Gasteiger partial charge < -0.3 is 9.47 Å². The molecule has 0 aliphatic heterocycles. The molecule has 1 aromatic heterocycles. The average Bonchev–Trinajstić information content (AvgIpc) is 2.93. The van der Waals surface area contributed by atoms with E-state index in [1.807, 2.05) is 6.07 Å². The molecule has 1 N–H and O–H groups in total. The SMILES string of the molecule is CCCc1nnc(NC(=O)COc2cccc(OC)c2)s1. The summed E-state index contributed by atoms with van der Waals surface area (Å²) in [6.45, 7) is 1.98. The Morgan fingerprint density at radius 1 is 1.33 bits per heavy atom. The predicted octanol–water partition coefficient (Wildman–Crippen LogP) is 2.52. The largest absolute Gasteiger partial charge is 0.497 e. The van der Waals surface area contributed by atoms with E-state index in [1.54, 1.807) is 25.3 Å². The molecule has 1 aromatic carbocycles. The summed E-state index contributed by atoms with van der Waals surface area (Å²) in [6.07, 6.45) is 1.87. The van der Waals surface area contributed by atoms with E-state index in [-0.39, 0.29) is 12.5 Å². The molecule has 0 saturated heterocycles. The van der Waals surface area contributed by atoms with E-state index in [0.717, 1.165) is 17.8 Å². The third-order valence-corrected chi connectivity index (χ3v) is 3.49. The van der Waals surface area contributed by atoms with Gasteiger partial charge in [-0.05, 0) is 18.6 Å². The lowest BCUT2D eigenvalue weighted by Gasteiger charge is -2.06. The van der Waals surface area contributed by atoms with Gasteiger partial charge in [-0.15, -0.1) is 10.2 Å². The minimum Gasteiger partial charge on any atom is -0.497 e. The normalized spacial score (nSPS) is 10.2. The summed E-state index contributed by atoms with van der Waals surface area (Å²) in [6, 6.07) is 7.09. The minimum atomic E-state index is -0.267. The van der Waals surface area contributed by atoms with Gasteiger partial charge in [0.1, 0.15) is 16.5 Å². The average molecular weight is 307 g/mol. The third-order valence-electron chi connectivity index (χ3n) is 2.59. The number of nitrogens with one attached hydrogen (secondary N) is 1. The van der Waals surface area contributed by atoms with Crippen LogP contribution in [-0.4, -0.2) is 29.8 Å². The second-order valence-corrected chi connectivity index (χ2v) is 5.33. The molecule has 0 atom stereocenters. The maximum absolute atomic E-state index is 11.8. The van der Waals surface area contributed by atoms with Crippen LogP contribution < -0.4 is 14.8 Å². The molecule has 21 heavy (non-hydrogen) atoms. The number of amides is 1. The topological polar surface area (TPSA) is 73.3 Å². The molecule has 2 rings (SSSR count). The standard InChI is InChI=1S/C14H17N3O3S/c1-3-5-13-16-17-14(21-13)15-12(18)9-20-11-7-4-6-10(8-11)19-2/h4,6-8H,3,5,9H2,1-2H3,(H,15,17,18). The van der Waals surface area contributed by atoms with Crippen molar-refractivity contribution in [2.75, 3.05) is 19.0 Å². The first kappa shape index (κ1) is 15.2. The van der Waals surface area contributed by atoms with Crippen LogP contribution >= 0.6 is 11.3 Å². The van der Waals surface area contributed by atoms with E-state index in [1.165, 1.54) is 11.3 Å². The van der Waals surface area contributed by atoms with Crippen LogP contribution in [0.4, 0.5) is 5.13 Å². The van der Waals surface area contributed by atoms with Gasteiger partial charge in [0, 0.05) is 12.5 Å². The maximum atomic E-state index is 11.8. The number of carbonyl (C=O) groups excluding carboxylic acids is 1. The van der Waals surface area contributed by atoms with Gasteiger partial charge in [-0.3, -0.25) is 10.1 Å². The van der Waals surface area contributed by atoms with Crippen molar-refractivity contribution in [1.82, 2.24) is 10.2 Å². The van der Waals surface area contributed by atoms with Gasteiger partial charge in [0.25, 0.3) is 5.91 Å². The van der Waals surface area contributed by atoms with E-state index in [2.05, 4.69) is 22.4 Å². The summed E-state index contributed by atoms with van der Waals surface area (Å²) in [5.74, 6) is 0.992. The Kier molecular flexibility index (Phi) is 5.51. The fourth-order valence-electron chi connectivity index (χ4n) is 1.61. The molecule has 0 fully saturated rings. The number of benzene rings is 1. The molecule has 2 aromatic rings. The summed E-state index contributed by atoms with van der Waals surface area (Å²) >= 11 is 1.38. The number of aryl methyl sites for hydroxylation is 1. The van der Waals surface area contributed by atoms with Crippen molar-refractivity contribution in [1.29, 1.82) is 0 Å². The molecule has 1 heterocycles. The molecular formula is C14H17N3O3S. The lowest BCUT2D eigenvalue weighted by Crippen LogP contribution is -2.20. The summed E-state index contributed by atoms with van der Waals surface area (Å²) in [5.41, 5.74) is 0. The summed E-state index contributed by atoms with van der Waals surface area (Å²) in [4.78, 5) is 11.8. The number of ether oxygens (including phenoxy) is 2. The molecule has 0 bridgehead atoms. The molecule has 0 saturated carbocycles. The van der Waals surface area contributed by atoms with Crippen molar-refractivity contribution >= 4 is 22.4 Å². The lowest BCUT2D eigenvalue weighted by molar-refractivity contribution is -0.118. The molecule has 0 aliphatic carbocycles. The number of methoxy groups -OCH3 is 1. The highest BCUT2D eigenvalue weighted by atomic mass is 32.1. The molecule has 112 valence electrons. The minimum absolute atomic E-state index is 0.0874. The van der Waals surface area contributed by atoms with E-state index in [0.29, 0.717) is 16.6 Å². The van der Waals surface area contributed by atoms with E-state index in [9.17, 15) is 4.79 Å². The predicted molar refractivity (Wildman–Crippen MR) is 81.0 cm³/mol. The summed E-state index contributed by atoms with van der Waals surface area (Å²) in [5, 5.41) is 12.0.